The molecule has 1 saturated heterocycles. The standard InChI is InChI=1S/C19H28N6/c1-23-11-9-16(10-12-23)25(3)19-17(20)18(21-14-22-19)24(2)13-15-7-5-4-6-8-15/h4-8,14,16H,9-13,20H2,1-3H3. The summed E-state index contributed by atoms with van der Waals surface area (Å²) >= 11 is 0. The zero-order chi connectivity index (χ0) is 17.8. The lowest BCUT2D eigenvalue weighted by atomic mass is 10.0. The molecule has 2 heterocycles. The topological polar surface area (TPSA) is 61.5 Å². The minimum absolute atomic E-state index is 0.473. The maximum atomic E-state index is 6.45. The maximum Gasteiger partial charge on any atom is 0.157 e. The first-order chi connectivity index (χ1) is 12.1. The predicted molar refractivity (Wildman–Crippen MR) is 104 cm³/mol. The highest BCUT2D eigenvalue weighted by molar-refractivity contribution is 5.75. The first-order valence-electron chi connectivity index (χ1n) is 8.83. The molecule has 0 radical (unpaired) electrons. The molecule has 1 aromatic heterocycles. The molecular formula is C19H28N6. The Bertz CT molecular complexity index is 682. The number of nitrogens with zero attached hydrogens (tertiary/aromatic N) is 5. The van der Waals surface area contributed by atoms with Gasteiger partial charge in [-0.15, -0.1) is 0 Å². The Balaban J connectivity index is 1.77. The van der Waals surface area contributed by atoms with E-state index in [1.807, 2.05) is 25.2 Å². The molecule has 0 bridgehead atoms. The van der Waals surface area contributed by atoms with Crippen molar-refractivity contribution in [2.75, 3.05) is 49.8 Å². The lowest BCUT2D eigenvalue weighted by Crippen LogP contribution is -2.42. The van der Waals surface area contributed by atoms with Crippen molar-refractivity contribution < 1.29 is 0 Å². The van der Waals surface area contributed by atoms with E-state index in [4.69, 9.17) is 5.73 Å². The largest absolute Gasteiger partial charge is 0.393 e. The summed E-state index contributed by atoms with van der Waals surface area (Å²) in [7, 11) is 6.28. The van der Waals surface area contributed by atoms with Crippen LogP contribution in [0.1, 0.15) is 18.4 Å². The van der Waals surface area contributed by atoms with E-state index in [0.717, 1.165) is 44.1 Å². The minimum atomic E-state index is 0.473. The molecular weight excluding hydrogens is 312 g/mol. The molecule has 1 aliphatic heterocycles. The highest BCUT2D eigenvalue weighted by atomic mass is 15.3. The first-order valence-corrected chi connectivity index (χ1v) is 8.83. The summed E-state index contributed by atoms with van der Waals surface area (Å²) in [5.41, 5.74) is 8.34. The van der Waals surface area contributed by atoms with Crippen molar-refractivity contribution in [3.05, 3.63) is 42.2 Å². The molecule has 2 N–H and O–H groups in total. The van der Waals surface area contributed by atoms with E-state index in [2.05, 4.69) is 50.9 Å². The maximum absolute atomic E-state index is 6.45. The quantitative estimate of drug-likeness (QED) is 0.901. The summed E-state index contributed by atoms with van der Waals surface area (Å²) in [6.07, 6.45) is 3.88. The van der Waals surface area contributed by atoms with Crippen molar-refractivity contribution in [3.63, 3.8) is 0 Å². The smallest absolute Gasteiger partial charge is 0.157 e. The van der Waals surface area contributed by atoms with E-state index in [-0.39, 0.29) is 0 Å². The number of hydrogen-bond donors (Lipinski definition) is 1. The van der Waals surface area contributed by atoms with Crippen LogP contribution in [-0.2, 0) is 6.54 Å². The van der Waals surface area contributed by atoms with Crippen LogP contribution in [0, 0.1) is 0 Å². The molecule has 1 aliphatic rings. The summed E-state index contributed by atoms with van der Waals surface area (Å²) in [4.78, 5) is 15.6. The number of anilines is 3. The van der Waals surface area contributed by atoms with Crippen molar-refractivity contribution in [2.24, 2.45) is 0 Å². The summed E-state index contributed by atoms with van der Waals surface area (Å²) in [6, 6.07) is 10.8. The molecule has 0 spiro atoms. The Morgan fingerprint density at radius 2 is 1.72 bits per heavy atom. The van der Waals surface area contributed by atoms with E-state index >= 15 is 0 Å². The van der Waals surface area contributed by atoms with Gasteiger partial charge in [0.05, 0.1) is 0 Å². The molecule has 0 atom stereocenters. The summed E-state index contributed by atoms with van der Waals surface area (Å²) in [5, 5.41) is 0. The fourth-order valence-corrected chi connectivity index (χ4v) is 3.45. The Labute approximate surface area is 150 Å². The molecule has 3 rings (SSSR count). The number of hydrogen-bond acceptors (Lipinski definition) is 6. The molecule has 6 nitrogen and oxygen atoms in total. The molecule has 134 valence electrons. The Kier molecular flexibility index (Phi) is 5.38. The van der Waals surface area contributed by atoms with Crippen molar-refractivity contribution in [2.45, 2.75) is 25.4 Å². The number of rotatable bonds is 5. The normalized spacial score (nSPS) is 16.0. The van der Waals surface area contributed by atoms with Crippen molar-refractivity contribution in [3.8, 4) is 0 Å². The summed E-state index contributed by atoms with van der Waals surface area (Å²) in [5.74, 6) is 1.62. The average molecular weight is 340 g/mol. The number of nitrogens with two attached hydrogens (primary N) is 1. The van der Waals surface area contributed by atoms with E-state index in [1.54, 1.807) is 6.33 Å². The van der Waals surface area contributed by atoms with Gasteiger partial charge in [-0.1, -0.05) is 30.3 Å². The van der Waals surface area contributed by atoms with Gasteiger partial charge in [-0.05, 0) is 38.5 Å². The fourth-order valence-electron chi connectivity index (χ4n) is 3.45. The van der Waals surface area contributed by atoms with E-state index in [0.29, 0.717) is 11.7 Å². The molecule has 0 aliphatic carbocycles. The van der Waals surface area contributed by atoms with Crippen LogP contribution in [0.4, 0.5) is 17.3 Å². The summed E-state index contributed by atoms with van der Waals surface area (Å²) < 4.78 is 0. The predicted octanol–water partition coefficient (Wildman–Crippen LogP) is 2.23. The van der Waals surface area contributed by atoms with Gasteiger partial charge in [0.25, 0.3) is 0 Å². The van der Waals surface area contributed by atoms with Crippen LogP contribution in [0.15, 0.2) is 36.7 Å². The number of benzene rings is 1. The molecule has 25 heavy (non-hydrogen) atoms. The zero-order valence-electron chi connectivity index (χ0n) is 15.4. The van der Waals surface area contributed by atoms with Crippen LogP contribution >= 0.6 is 0 Å². The van der Waals surface area contributed by atoms with Gasteiger partial charge in [-0.25, -0.2) is 9.97 Å². The molecule has 0 unspecified atom stereocenters. The van der Waals surface area contributed by atoms with E-state index in [1.165, 1.54) is 5.56 Å². The van der Waals surface area contributed by atoms with Crippen molar-refractivity contribution in [1.29, 1.82) is 0 Å². The Hall–Kier alpha value is -2.34. The highest BCUT2D eigenvalue weighted by Gasteiger charge is 2.24. The monoisotopic (exact) mass is 340 g/mol. The van der Waals surface area contributed by atoms with Gasteiger partial charge >= 0.3 is 0 Å². The van der Waals surface area contributed by atoms with Crippen LogP contribution in [-0.4, -0.2) is 55.1 Å². The fraction of sp³-hybridized carbons (Fsp3) is 0.474. The average Bonchev–Trinajstić information content (AvgIpc) is 2.63. The SMILES string of the molecule is CN1CCC(N(C)c2ncnc(N(C)Cc3ccccc3)c2N)CC1. The molecule has 6 heteroatoms. The van der Waals surface area contributed by atoms with Gasteiger partial charge in [-0.3, -0.25) is 0 Å². The van der Waals surface area contributed by atoms with Crippen LogP contribution < -0.4 is 15.5 Å². The molecule has 0 saturated carbocycles. The second kappa shape index (κ2) is 7.70. The first kappa shape index (κ1) is 17.5. The lowest BCUT2D eigenvalue weighted by Gasteiger charge is -2.36. The molecule has 1 aromatic carbocycles. The van der Waals surface area contributed by atoms with Gasteiger partial charge in [-0.2, -0.15) is 0 Å². The summed E-state index contributed by atoms with van der Waals surface area (Å²) in [6.45, 7) is 2.99. The molecule has 1 fully saturated rings. The number of nitrogen functional groups attached to an aromatic ring is 1. The second-order valence-electron chi connectivity index (χ2n) is 6.92. The third-order valence-corrected chi connectivity index (χ3v) is 5.04. The van der Waals surface area contributed by atoms with Crippen LogP contribution in [0.5, 0.6) is 0 Å². The van der Waals surface area contributed by atoms with Crippen LogP contribution in [0.25, 0.3) is 0 Å². The minimum Gasteiger partial charge on any atom is -0.393 e. The van der Waals surface area contributed by atoms with E-state index < -0.39 is 0 Å². The molecule has 0 amide bonds. The van der Waals surface area contributed by atoms with Crippen molar-refractivity contribution in [1.82, 2.24) is 14.9 Å². The van der Waals surface area contributed by atoms with Gasteiger partial charge in [0.1, 0.15) is 12.0 Å². The number of piperidine rings is 1. The lowest BCUT2D eigenvalue weighted by molar-refractivity contribution is 0.252. The second-order valence-corrected chi connectivity index (χ2v) is 6.92. The Morgan fingerprint density at radius 1 is 1.08 bits per heavy atom. The third kappa shape index (κ3) is 4.02. The van der Waals surface area contributed by atoms with Gasteiger partial charge < -0.3 is 20.4 Å². The van der Waals surface area contributed by atoms with Crippen LogP contribution in [0.3, 0.4) is 0 Å². The van der Waals surface area contributed by atoms with Crippen molar-refractivity contribution >= 4 is 17.3 Å². The van der Waals surface area contributed by atoms with Gasteiger partial charge in [0, 0.05) is 26.7 Å². The number of likely N-dealkylation sites (tertiary alicyclic amines) is 1. The van der Waals surface area contributed by atoms with Gasteiger partial charge in [0.2, 0.25) is 0 Å². The third-order valence-electron chi connectivity index (χ3n) is 5.04. The van der Waals surface area contributed by atoms with E-state index in [9.17, 15) is 0 Å². The Morgan fingerprint density at radius 3 is 2.40 bits per heavy atom. The number of aromatic nitrogens is 2. The van der Waals surface area contributed by atoms with Crippen LogP contribution in [0.2, 0.25) is 0 Å². The zero-order valence-corrected chi connectivity index (χ0v) is 15.4. The highest BCUT2D eigenvalue weighted by Crippen LogP contribution is 2.31. The molecule has 2 aromatic rings. The van der Waals surface area contributed by atoms with Gasteiger partial charge in [0.15, 0.2) is 11.6 Å².